The molecule has 4 heterocycles. The van der Waals surface area contributed by atoms with E-state index >= 15 is 0 Å². The van der Waals surface area contributed by atoms with Gasteiger partial charge in [-0.25, -0.2) is 4.21 Å². The Morgan fingerprint density at radius 3 is 2.76 bits per heavy atom. The molecule has 10 heteroatoms. The van der Waals surface area contributed by atoms with Gasteiger partial charge in [0.25, 0.3) is 5.91 Å². The second kappa shape index (κ2) is 14.5. The Labute approximate surface area is 311 Å². The first-order valence-corrected chi connectivity index (χ1v) is 21.9. The zero-order valence-electron chi connectivity index (χ0n) is 30.7. The maximum Gasteiger partial charge on any atom is 0.262 e. The van der Waals surface area contributed by atoms with Gasteiger partial charge in [0.05, 0.1) is 22.0 Å². The smallest absolute Gasteiger partial charge is 0.262 e. The molecule has 2 N–H and O–H groups in total. The van der Waals surface area contributed by atoms with E-state index in [0.29, 0.717) is 36.0 Å². The van der Waals surface area contributed by atoms with E-state index in [1.165, 1.54) is 50.0 Å². The predicted octanol–water partition coefficient (Wildman–Crippen LogP) is 5.61. The number of aryl methyl sites for hydroxylation is 1. The molecule has 6 aliphatic rings. The van der Waals surface area contributed by atoms with Gasteiger partial charge in [0, 0.05) is 86.2 Å². The van der Waals surface area contributed by atoms with E-state index in [1.807, 2.05) is 31.2 Å². The Hall–Kier alpha value is -2.30. The van der Waals surface area contributed by atoms with E-state index < -0.39 is 9.71 Å². The molecule has 2 aromatic rings. The third-order valence-corrected chi connectivity index (χ3v) is 16.3. The molecule has 4 aliphatic heterocycles. The lowest BCUT2D eigenvalue weighted by atomic mass is 9.65. The van der Waals surface area contributed by atoms with Crippen molar-refractivity contribution < 1.29 is 13.7 Å². The zero-order valence-corrected chi connectivity index (χ0v) is 32.3. The summed E-state index contributed by atoms with van der Waals surface area (Å²) in [6.45, 7) is 14.6. The number of hydrogen-bond acceptors (Lipinski definition) is 7. The molecule has 3 fully saturated rings. The van der Waals surface area contributed by atoms with E-state index in [-0.39, 0.29) is 22.5 Å². The molecule has 8 atom stereocenters. The minimum absolute atomic E-state index is 0.167. The summed E-state index contributed by atoms with van der Waals surface area (Å²) in [6, 6.07) is 12.8. The fourth-order valence-corrected chi connectivity index (χ4v) is 12.2. The van der Waals surface area contributed by atoms with Gasteiger partial charge in [-0.15, -0.1) is 0 Å². The number of carbonyl (C=O) groups excluding carboxylic acids is 1. The average Bonchev–Trinajstić information content (AvgIpc) is 3.25. The minimum Gasteiger partial charge on any atom is -0.490 e. The van der Waals surface area contributed by atoms with E-state index in [2.05, 4.69) is 49.7 Å². The van der Waals surface area contributed by atoms with Crippen LogP contribution in [-0.4, -0.2) is 103 Å². The van der Waals surface area contributed by atoms with Crippen molar-refractivity contribution >= 4 is 38.8 Å². The summed E-state index contributed by atoms with van der Waals surface area (Å²) >= 11 is 6.52. The van der Waals surface area contributed by atoms with Gasteiger partial charge in [0.1, 0.15) is 5.75 Å². The Bertz CT molecular complexity index is 1720. The average molecular weight is 736 g/mol. The maximum atomic E-state index is 14.0. The zero-order chi connectivity index (χ0) is 35.3. The highest BCUT2D eigenvalue weighted by atomic mass is 35.5. The molecule has 2 aromatic carbocycles. The summed E-state index contributed by atoms with van der Waals surface area (Å²) in [7, 11) is -2.87. The molecule has 1 saturated carbocycles. The largest absolute Gasteiger partial charge is 0.490 e. The van der Waals surface area contributed by atoms with Gasteiger partial charge in [-0.05, 0) is 123 Å². The lowest BCUT2D eigenvalue weighted by Gasteiger charge is -2.49. The first-order valence-electron chi connectivity index (χ1n) is 19.7. The summed E-state index contributed by atoms with van der Waals surface area (Å²) < 4.78 is 23.7. The summed E-state index contributed by atoms with van der Waals surface area (Å²) in [4.78, 5) is 21.8. The fourth-order valence-electron chi connectivity index (χ4n) is 10.5. The third-order valence-electron chi connectivity index (χ3n) is 13.9. The van der Waals surface area contributed by atoms with Crippen molar-refractivity contribution in [3.63, 3.8) is 0 Å². The number of anilines is 1. The monoisotopic (exact) mass is 735 g/mol. The maximum absolute atomic E-state index is 14.0. The van der Waals surface area contributed by atoms with Crippen molar-refractivity contribution in [1.29, 1.82) is 0 Å². The van der Waals surface area contributed by atoms with Crippen LogP contribution in [0.15, 0.2) is 36.4 Å². The van der Waals surface area contributed by atoms with Crippen LogP contribution in [0.5, 0.6) is 5.75 Å². The van der Waals surface area contributed by atoms with Crippen LogP contribution in [0.2, 0.25) is 5.02 Å². The molecular weight excluding hydrogens is 678 g/mol. The van der Waals surface area contributed by atoms with E-state index in [1.54, 1.807) is 0 Å². The predicted molar refractivity (Wildman–Crippen MR) is 210 cm³/mol. The highest BCUT2D eigenvalue weighted by Crippen LogP contribution is 2.48. The number of nitrogens with zero attached hydrogens (tertiary/aromatic N) is 3. The molecular formula is C41H58ClN5O3S. The topological polar surface area (TPSA) is 77.2 Å². The van der Waals surface area contributed by atoms with Gasteiger partial charge in [0.15, 0.2) is 0 Å². The molecule has 51 heavy (non-hydrogen) atoms. The lowest BCUT2D eigenvalue weighted by Crippen LogP contribution is -2.61. The normalized spacial score (nSPS) is 36.5. The molecule has 1 amide bonds. The molecule has 2 aliphatic carbocycles. The Morgan fingerprint density at radius 1 is 1.04 bits per heavy atom. The standard InChI is InChI=1S/C41H58ClN5O3S/c1-28-6-4-7-32(23-45-18-19-46-17-16-43-22-35(46)25-45)36-12-9-33(36)24-47-26-41(15-5-8-30-20-34(42)11-13-37(30)41)27-50-39-14-10-31(21-38(39)47)40(48)44-51(3,49)29(28)2/h10-11,13-14,20-21,28-29,32-33,35-36,43H,3-9,12,15-19,22-27H2,1-2H3,(H,44,48,49)/t28-,29+,32-,33-,35-,36-,41-,51?/m0/s1. The number of nitrogens with one attached hydrogen (secondary N) is 2. The van der Waals surface area contributed by atoms with Crippen molar-refractivity contribution in [2.75, 3.05) is 70.4 Å². The van der Waals surface area contributed by atoms with E-state index in [4.69, 9.17) is 16.3 Å². The molecule has 2 bridgehead atoms. The number of hydrogen-bond donors (Lipinski definition) is 2. The third kappa shape index (κ3) is 7.19. The number of ether oxygens (including phenoxy) is 1. The van der Waals surface area contributed by atoms with Crippen molar-refractivity contribution in [2.24, 2.45) is 23.7 Å². The van der Waals surface area contributed by atoms with E-state index in [9.17, 15) is 9.00 Å². The van der Waals surface area contributed by atoms with Crippen LogP contribution in [0.3, 0.4) is 0 Å². The second-order valence-corrected chi connectivity index (χ2v) is 19.8. The Kier molecular flexibility index (Phi) is 10.2. The fraction of sp³-hybridized carbons (Fsp3) is 0.659. The quantitative estimate of drug-likeness (QED) is 0.389. The molecule has 2 saturated heterocycles. The minimum atomic E-state index is -2.87. The van der Waals surface area contributed by atoms with E-state index in [0.717, 1.165) is 87.8 Å². The van der Waals surface area contributed by atoms with Crippen LogP contribution < -0.4 is 19.7 Å². The summed E-state index contributed by atoms with van der Waals surface area (Å²) in [6.07, 6.45) is 9.00. The number of fused-ring (bicyclic) bond motifs is 5. The lowest BCUT2D eigenvalue weighted by molar-refractivity contribution is 0.0207. The highest BCUT2D eigenvalue weighted by Gasteiger charge is 2.45. The first kappa shape index (κ1) is 35.7. The van der Waals surface area contributed by atoms with Crippen LogP contribution in [0, 0.1) is 23.7 Å². The molecule has 0 aromatic heterocycles. The summed E-state index contributed by atoms with van der Waals surface area (Å²) in [5.74, 6) is 6.69. The number of rotatable bonds is 2. The number of piperazine rings is 2. The van der Waals surface area contributed by atoms with Crippen molar-refractivity contribution in [1.82, 2.24) is 19.8 Å². The molecule has 0 radical (unpaired) electrons. The second-order valence-electron chi connectivity index (χ2n) is 17.0. The number of benzene rings is 2. The van der Waals surface area contributed by atoms with Crippen LogP contribution in [0.25, 0.3) is 0 Å². The van der Waals surface area contributed by atoms with Crippen LogP contribution in [-0.2, 0) is 21.5 Å². The molecule has 278 valence electrons. The number of amides is 1. The van der Waals surface area contributed by atoms with Gasteiger partial charge in [-0.2, -0.15) is 0 Å². The molecule has 1 unspecified atom stereocenters. The van der Waals surface area contributed by atoms with Gasteiger partial charge in [0.2, 0.25) is 0 Å². The Balaban J connectivity index is 1.14. The van der Waals surface area contributed by atoms with Crippen molar-refractivity contribution in [2.45, 2.75) is 81.9 Å². The van der Waals surface area contributed by atoms with Gasteiger partial charge >= 0.3 is 0 Å². The molecule has 8 nitrogen and oxygen atoms in total. The van der Waals surface area contributed by atoms with Crippen molar-refractivity contribution in [3.05, 3.63) is 58.1 Å². The molecule has 8 rings (SSSR count). The van der Waals surface area contributed by atoms with Crippen LogP contribution in [0.4, 0.5) is 5.69 Å². The van der Waals surface area contributed by atoms with Crippen LogP contribution in [0.1, 0.15) is 80.3 Å². The number of carbonyl (C=O) groups is 1. The Morgan fingerprint density at radius 2 is 1.92 bits per heavy atom. The number of halogens is 1. The van der Waals surface area contributed by atoms with Gasteiger partial charge in [-0.1, -0.05) is 31.0 Å². The summed E-state index contributed by atoms with van der Waals surface area (Å²) in [5, 5.41) is 4.20. The van der Waals surface area contributed by atoms with Crippen molar-refractivity contribution in [3.8, 4) is 5.75 Å². The van der Waals surface area contributed by atoms with Gasteiger partial charge < -0.3 is 19.9 Å². The van der Waals surface area contributed by atoms with Crippen LogP contribution >= 0.6 is 11.6 Å². The molecule has 1 spiro atoms. The summed E-state index contributed by atoms with van der Waals surface area (Å²) in [5.41, 5.74) is 4.01. The first-order chi connectivity index (χ1) is 24.6. The SMILES string of the molecule is C=S1(=O)NC(=O)c2ccc3c(c2)N(C[C@@H]2CC[C@H]2[C@H](CN2CCN4CCNC[C@H]4C2)CCC[C@H](C)[C@H]1C)C[C@@]1(CCCc2cc(Cl)ccc21)CO3. The van der Waals surface area contributed by atoms with Gasteiger partial charge in [-0.3, -0.25) is 14.4 Å². The highest BCUT2D eigenvalue weighted by molar-refractivity contribution is 7.99.